The van der Waals surface area contributed by atoms with Gasteiger partial charge in [-0.2, -0.15) is 4.98 Å². The minimum atomic E-state index is -0.160. The molecule has 0 bridgehead atoms. The first-order valence-electron chi connectivity index (χ1n) is 7.89. The van der Waals surface area contributed by atoms with Crippen molar-refractivity contribution in [1.29, 1.82) is 0 Å². The van der Waals surface area contributed by atoms with Crippen LogP contribution in [0, 0.1) is 0 Å². The highest BCUT2D eigenvalue weighted by Gasteiger charge is 2.37. The Labute approximate surface area is 133 Å². The third kappa shape index (κ3) is 2.47. The van der Waals surface area contributed by atoms with Gasteiger partial charge in [-0.1, -0.05) is 5.16 Å². The van der Waals surface area contributed by atoms with Crippen molar-refractivity contribution >= 4 is 5.91 Å². The number of rotatable bonds is 4. The monoisotopic (exact) mass is 317 g/mol. The fourth-order valence-corrected chi connectivity index (χ4v) is 3.08. The molecule has 1 amide bonds. The zero-order valence-electron chi connectivity index (χ0n) is 13.2. The van der Waals surface area contributed by atoms with Gasteiger partial charge in [-0.3, -0.25) is 9.48 Å². The molecule has 1 atom stereocenters. The average Bonchev–Trinajstić information content (AvgIpc) is 2.99. The first-order chi connectivity index (χ1) is 11.2. The van der Waals surface area contributed by atoms with Gasteiger partial charge in [0.15, 0.2) is 5.82 Å². The lowest BCUT2D eigenvalue weighted by molar-refractivity contribution is 0.0706. The molecule has 0 spiro atoms. The third-order valence-corrected chi connectivity index (χ3v) is 4.42. The summed E-state index contributed by atoms with van der Waals surface area (Å²) in [7, 11) is 3.28. The third-order valence-electron chi connectivity index (χ3n) is 4.42. The molecular formula is C15H19N5O3. The number of likely N-dealkylation sites (tertiary alicyclic amines) is 1. The van der Waals surface area contributed by atoms with E-state index in [0.29, 0.717) is 29.8 Å². The number of ether oxygens (including phenoxy) is 1. The van der Waals surface area contributed by atoms with Crippen LogP contribution in [0.3, 0.4) is 0 Å². The van der Waals surface area contributed by atoms with Gasteiger partial charge >= 0.3 is 0 Å². The first kappa shape index (κ1) is 14.2. The molecule has 1 saturated heterocycles. The van der Waals surface area contributed by atoms with Crippen LogP contribution >= 0.6 is 0 Å². The number of hydrogen-bond acceptors (Lipinski definition) is 6. The van der Waals surface area contributed by atoms with Gasteiger partial charge < -0.3 is 14.2 Å². The van der Waals surface area contributed by atoms with E-state index < -0.39 is 0 Å². The van der Waals surface area contributed by atoms with Gasteiger partial charge in [-0.15, -0.1) is 5.10 Å². The second kappa shape index (κ2) is 5.36. The van der Waals surface area contributed by atoms with E-state index in [1.165, 1.54) is 7.11 Å². The number of amides is 1. The van der Waals surface area contributed by atoms with Crippen molar-refractivity contribution in [2.45, 2.75) is 37.6 Å². The van der Waals surface area contributed by atoms with Crippen LogP contribution in [0.1, 0.15) is 59.7 Å². The van der Waals surface area contributed by atoms with E-state index in [0.717, 1.165) is 31.5 Å². The summed E-state index contributed by atoms with van der Waals surface area (Å²) in [5.41, 5.74) is 0.462. The van der Waals surface area contributed by atoms with Crippen LogP contribution in [0.4, 0.5) is 0 Å². The molecule has 2 aliphatic rings. The maximum absolute atomic E-state index is 12.9. The second-order valence-electron chi connectivity index (χ2n) is 6.15. The zero-order chi connectivity index (χ0) is 16.0. The van der Waals surface area contributed by atoms with Crippen LogP contribution in [0.15, 0.2) is 10.7 Å². The summed E-state index contributed by atoms with van der Waals surface area (Å²) in [4.78, 5) is 19.2. The summed E-state index contributed by atoms with van der Waals surface area (Å²) in [6, 6.07) is -0.160. The minimum absolute atomic E-state index is 0.108. The second-order valence-corrected chi connectivity index (χ2v) is 6.15. The van der Waals surface area contributed by atoms with E-state index >= 15 is 0 Å². The van der Waals surface area contributed by atoms with E-state index in [-0.39, 0.29) is 11.9 Å². The SMILES string of the molecule is COc1nn(C)cc1C(=O)N1CCCC1c1nc(C2CC2)no1. The van der Waals surface area contributed by atoms with E-state index in [1.807, 2.05) is 0 Å². The molecule has 3 heterocycles. The van der Waals surface area contributed by atoms with Crippen LogP contribution < -0.4 is 4.74 Å². The Kier molecular flexibility index (Phi) is 3.32. The maximum Gasteiger partial charge on any atom is 0.261 e. The van der Waals surface area contributed by atoms with Crippen molar-refractivity contribution in [2.75, 3.05) is 13.7 Å². The number of methoxy groups -OCH3 is 1. The predicted molar refractivity (Wildman–Crippen MR) is 79.0 cm³/mol. The van der Waals surface area contributed by atoms with Crippen molar-refractivity contribution in [3.63, 3.8) is 0 Å². The zero-order valence-corrected chi connectivity index (χ0v) is 13.2. The Bertz CT molecular complexity index is 733. The van der Waals surface area contributed by atoms with Gasteiger partial charge in [0, 0.05) is 25.7 Å². The highest BCUT2D eigenvalue weighted by molar-refractivity contribution is 5.96. The van der Waals surface area contributed by atoms with E-state index in [9.17, 15) is 4.79 Å². The van der Waals surface area contributed by atoms with Crippen molar-refractivity contribution in [3.8, 4) is 5.88 Å². The molecule has 2 aromatic heterocycles. The molecule has 1 unspecified atom stereocenters. The Morgan fingerprint density at radius 3 is 2.96 bits per heavy atom. The summed E-state index contributed by atoms with van der Waals surface area (Å²) >= 11 is 0. The molecule has 2 fully saturated rings. The summed E-state index contributed by atoms with van der Waals surface area (Å²) in [6.45, 7) is 0.669. The summed E-state index contributed by atoms with van der Waals surface area (Å²) in [5, 5.41) is 8.21. The van der Waals surface area contributed by atoms with Crippen molar-refractivity contribution in [1.82, 2.24) is 24.8 Å². The molecule has 1 aliphatic carbocycles. The van der Waals surface area contributed by atoms with Crippen LogP contribution in [-0.4, -0.2) is 44.4 Å². The molecule has 2 aromatic rings. The van der Waals surface area contributed by atoms with Crippen molar-refractivity contribution in [2.24, 2.45) is 7.05 Å². The summed E-state index contributed by atoms with van der Waals surface area (Å²) in [6.07, 6.45) is 5.68. The van der Waals surface area contributed by atoms with E-state index in [2.05, 4.69) is 15.2 Å². The lowest BCUT2D eigenvalue weighted by atomic mass is 10.2. The lowest BCUT2D eigenvalue weighted by Crippen LogP contribution is -2.30. The van der Waals surface area contributed by atoms with Gasteiger partial charge in [0.05, 0.1) is 7.11 Å². The molecule has 1 aliphatic heterocycles. The molecule has 0 N–H and O–H groups in total. The molecule has 0 radical (unpaired) electrons. The number of carbonyl (C=O) groups excluding carboxylic acids is 1. The Morgan fingerprint density at radius 2 is 2.22 bits per heavy atom. The lowest BCUT2D eigenvalue weighted by Gasteiger charge is -2.21. The molecular weight excluding hydrogens is 298 g/mol. The van der Waals surface area contributed by atoms with Gasteiger partial charge in [-0.25, -0.2) is 0 Å². The Hall–Kier alpha value is -2.38. The molecule has 0 aromatic carbocycles. The predicted octanol–water partition coefficient (Wildman–Crippen LogP) is 1.67. The molecule has 1 saturated carbocycles. The van der Waals surface area contributed by atoms with Crippen LogP contribution in [0.2, 0.25) is 0 Å². The number of hydrogen-bond donors (Lipinski definition) is 0. The molecule has 8 nitrogen and oxygen atoms in total. The fraction of sp³-hybridized carbons (Fsp3) is 0.600. The van der Waals surface area contributed by atoms with E-state index in [1.54, 1.807) is 22.8 Å². The standard InChI is InChI=1S/C15H19N5O3/c1-19-8-10(13(17-19)22-2)15(21)20-7-3-4-11(20)14-16-12(18-23-14)9-5-6-9/h8-9,11H,3-7H2,1-2H3. The number of aromatic nitrogens is 4. The number of carbonyl (C=O) groups is 1. The highest BCUT2D eigenvalue weighted by atomic mass is 16.5. The number of aryl methyl sites for hydroxylation is 1. The fourth-order valence-electron chi connectivity index (χ4n) is 3.08. The maximum atomic E-state index is 12.9. The van der Waals surface area contributed by atoms with Gasteiger partial charge in [0.1, 0.15) is 11.6 Å². The number of nitrogens with zero attached hydrogens (tertiary/aromatic N) is 5. The van der Waals surface area contributed by atoms with Crippen LogP contribution in [0.25, 0.3) is 0 Å². The average molecular weight is 317 g/mol. The smallest absolute Gasteiger partial charge is 0.261 e. The first-order valence-corrected chi connectivity index (χ1v) is 7.89. The van der Waals surface area contributed by atoms with Crippen molar-refractivity contribution < 1.29 is 14.1 Å². The van der Waals surface area contributed by atoms with Gasteiger partial charge in [0.25, 0.3) is 5.91 Å². The van der Waals surface area contributed by atoms with Crippen LogP contribution in [0.5, 0.6) is 5.88 Å². The quantitative estimate of drug-likeness (QED) is 0.852. The molecule has 4 rings (SSSR count). The topological polar surface area (TPSA) is 86.3 Å². The van der Waals surface area contributed by atoms with Crippen LogP contribution in [-0.2, 0) is 7.05 Å². The van der Waals surface area contributed by atoms with Crippen molar-refractivity contribution in [3.05, 3.63) is 23.5 Å². The normalized spacial score (nSPS) is 21.0. The molecule has 8 heteroatoms. The minimum Gasteiger partial charge on any atom is -0.479 e. The largest absolute Gasteiger partial charge is 0.479 e. The molecule has 23 heavy (non-hydrogen) atoms. The highest BCUT2D eigenvalue weighted by Crippen LogP contribution is 2.40. The summed E-state index contributed by atoms with van der Waals surface area (Å²) in [5.74, 6) is 1.99. The molecule has 122 valence electrons. The van der Waals surface area contributed by atoms with Gasteiger partial charge in [0.2, 0.25) is 11.8 Å². The summed E-state index contributed by atoms with van der Waals surface area (Å²) < 4.78 is 12.2. The van der Waals surface area contributed by atoms with E-state index in [4.69, 9.17) is 9.26 Å². The Balaban J connectivity index is 1.59. The Morgan fingerprint density at radius 1 is 1.39 bits per heavy atom. The van der Waals surface area contributed by atoms with Gasteiger partial charge in [-0.05, 0) is 25.7 Å².